The Kier molecular flexibility index (Phi) is 5.82. The second kappa shape index (κ2) is 8.68. The van der Waals surface area contributed by atoms with Gasteiger partial charge in [0.05, 0.1) is 17.3 Å². The zero-order valence-corrected chi connectivity index (χ0v) is 17.1. The number of nitrogens with zero attached hydrogens (tertiary/aromatic N) is 2. The van der Waals surface area contributed by atoms with E-state index in [9.17, 15) is 14.9 Å². The summed E-state index contributed by atoms with van der Waals surface area (Å²) < 4.78 is 0. The molecule has 0 aliphatic carbocycles. The number of amides is 1. The first-order valence-electron chi connectivity index (χ1n) is 10.5. The summed E-state index contributed by atoms with van der Waals surface area (Å²) in [4.78, 5) is 26.2. The highest BCUT2D eigenvalue weighted by atomic mass is 16.2. The van der Waals surface area contributed by atoms with Crippen LogP contribution in [0, 0.1) is 11.3 Å². The number of ketones is 1. The fourth-order valence-corrected chi connectivity index (χ4v) is 4.31. The third kappa shape index (κ3) is 4.22. The first-order chi connectivity index (χ1) is 14.5. The van der Waals surface area contributed by atoms with Gasteiger partial charge in [0.1, 0.15) is 6.07 Å². The van der Waals surface area contributed by atoms with Crippen molar-refractivity contribution in [3.8, 4) is 17.2 Å². The van der Waals surface area contributed by atoms with Crippen molar-refractivity contribution >= 4 is 17.4 Å². The minimum atomic E-state index is -0.0706. The van der Waals surface area contributed by atoms with Crippen LogP contribution >= 0.6 is 0 Å². The lowest BCUT2D eigenvalue weighted by atomic mass is 9.99. The van der Waals surface area contributed by atoms with Crippen LogP contribution in [0.5, 0.6) is 0 Å². The molecule has 154 valence electrons. The van der Waals surface area contributed by atoms with E-state index in [0.29, 0.717) is 17.7 Å². The molecule has 1 amide bonds. The van der Waals surface area contributed by atoms with Gasteiger partial charge >= 0.3 is 0 Å². The van der Waals surface area contributed by atoms with Crippen LogP contribution in [-0.2, 0) is 4.79 Å². The summed E-state index contributed by atoms with van der Waals surface area (Å²) in [7, 11) is 0. The maximum atomic E-state index is 12.4. The molecular weight excluding hydrogens is 376 g/mol. The first kappa shape index (κ1) is 20.1. The summed E-state index contributed by atoms with van der Waals surface area (Å²) in [5.41, 5.74) is 3.98. The molecular formula is C24H26N4O2. The number of benzene rings is 2. The lowest BCUT2D eigenvalue weighted by Gasteiger charge is -2.21. The molecule has 2 aliphatic rings. The van der Waals surface area contributed by atoms with Crippen molar-refractivity contribution in [1.29, 1.82) is 5.26 Å². The molecule has 0 saturated carbocycles. The monoisotopic (exact) mass is 402 g/mol. The second-order valence-electron chi connectivity index (χ2n) is 8.07. The average Bonchev–Trinajstić information content (AvgIpc) is 3.46. The largest absolute Gasteiger partial charge is 0.368 e. The molecule has 2 aliphatic heterocycles. The SMILES string of the molecule is CC(=O)c1cccc(-c2ccc(N3CCC(NC(=O)C4CCCN4)C3)c(C#N)c2)c1. The molecule has 2 heterocycles. The van der Waals surface area contributed by atoms with Gasteiger partial charge in [-0.05, 0) is 62.1 Å². The van der Waals surface area contributed by atoms with Gasteiger partial charge in [0.25, 0.3) is 0 Å². The van der Waals surface area contributed by atoms with E-state index in [2.05, 4.69) is 21.6 Å². The predicted octanol–water partition coefficient (Wildman–Crippen LogP) is 2.87. The Morgan fingerprint density at radius 1 is 1.17 bits per heavy atom. The van der Waals surface area contributed by atoms with Gasteiger partial charge in [-0.3, -0.25) is 9.59 Å². The Morgan fingerprint density at radius 2 is 2.00 bits per heavy atom. The van der Waals surface area contributed by atoms with Gasteiger partial charge in [-0.25, -0.2) is 0 Å². The molecule has 6 nitrogen and oxygen atoms in total. The molecule has 2 N–H and O–H groups in total. The van der Waals surface area contributed by atoms with E-state index in [-0.39, 0.29) is 23.8 Å². The number of Topliss-reactive ketones (excluding diaryl/α,β-unsaturated/α-hetero) is 1. The van der Waals surface area contributed by atoms with Gasteiger partial charge in [0.2, 0.25) is 5.91 Å². The zero-order chi connectivity index (χ0) is 21.1. The highest BCUT2D eigenvalue weighted by molar-refractivity contribution is 5.95. The molecule has 6 heteroatoms. The number of carbonyl (C=O) groups excluding carboxylic acids is 2. The molecule has 0 bridgehead atoms. The summed E-state index contributed by atoms with van der Waals surface area (Å²) in [6.07, 6.45) is 2.81. The minimum Gasteiger partial charge on any atom is -0.368 e. The summed E-state index contributed by atoms with van der Waals surface area (Å²) in [6, 6.07) is 15.6. The molecule has 30 heavy (non-hydrogen) atoms. The summed E-state index contributed by atoms with van der Waals surface area (Å²) >= 11 is 0. The number of hydrogen-bond donors (Lipinski definition) is 2. The van der Waals surface area contributed by atoms with Crippen molar-refractivity contribution in [3.05, 3.63) is 53.6 Å². The normalized spacial score (nSPS) is 20.7. The number of hydrogen-bond acceptors (Lipinski definition) is 5. The van der Waals surface area contributed by atoms with Crippen molar-refractivity contribution in [2.45, 2.75) is 38.3 Å². The smallest absolute Gasteiger partial charge is 0.237 e. The first-order valence-corrected chi connectivity index (χ1v) is 10.5. The van der Waals surface area contributed by atoms with Crippen LogP contribution in [0.15, 0.2) is 42.5 Å². The molecule has 0 spiro atoms. The highest BCUT2D eigenvalue weighted by Crippen LogP contribution is 2.30. The molecule has 0 radical (unpaired) electrons. The van der Waals surface area contributed by atoms with Crippen molar-refractivity contribution in [2.24, 2.45) is 0 Å². The maximum absolute atomic E-state index is 12.4. The predicted molar refractivity (Wildman–Crippen MR) is 116 cm³/mol. The van der Waals surface area contributed by atoms with Crippen LogP contribution in [0.4, 0.5) is 5.69 Å². The van der Waals surface area contributed by atoms with E-state index in [1.165, 1.54) is 0 Å². The van der Waals surface area contributed by atoms with Gasteiger partial charge < -0.3 is 15.5 Å². The van der Waals surface area contributed by atoms with Crippen molar-refractivity contribution in [2.75, 3.05) is 24.5 Å². The lowest BCUT2D eigenvalue weighted by molar-refractivity contribution is -0.123. The van der Waals surface area contributed by atoms with Gasteiger partial charge in [-0.2, -0.15) is 5.26 Å². The van der Waals surface area contributed by atoms with Crippen LogP contribution in [0.25, 0.3) is 11.1 Å². The van der Waals surface area contributed by atoms with Crippen molar-refractivity contribution in [3.63, 3.8) is 0 Å². The number of anilines is 1. The number of rotatable bonds is 5. The number of nitrogens with one attached hydrogen (secondary N) is 2. The van der Waals surface area contributed by atoms with E-state index in [1.807, 2.05) is 36.4 Å². The molecule has 2 fully saturated rings. The van der Waals surface area contributed by atoms with Crippen LogP contribution in [0.1, 0.15) is 42.1 Å². The number of carbonyl (C=O) groups is 2. The third-order valence-electron chi connectivity index (χ3n) is 5.97. The topological polar surface area (TPSA) is 85.2 Å². The van der Waals surface area contributed by atoms with Crippen LogP contribution in [-0.4, -0.2) is 43.4 Å². The Morgan fingerprint density at radius 3 is 2.73 bits per heavy atom. The second-order valence-corrected chi connectivity index (χ2v) is 8.07. The maximum Gasteiger partial charge on any atom is 0.237 e. The van der Waals surface area contributed by atoms with Crippen LogP contribution in [0.2, 0.25) is 0 Å². The Bertz CT molecular complexity index is 1000. The standard InChI is InChI=1S/C24H26N4O2/c1-16(29)17-4-2-5-18(12-17)19-7-8-23(20(13-19)14-25)28-11-9-21(15-28)27-24(30)22-6-3-10-26-22/h2,4-5,7-8,12-13,21-22,26H,3,6,9-11,15H2,1H3,(H,27,30). The molecule has 0 aromatic heterocycles. The molecule has 2 atom stereocenters. The molecule has 4 rings (SSSR count). The van der Waals surface area contributed by atoms with E-state index < -0.39 is 0 Å². The lowest BCUT2D eigenvalue weighted by Crippen LogP contribution is -2.46. The molecule has 2 aromatic carbocycles. The molecule has 2 aromatic rings. The van der Waals surface area contributed by atoms with Crippen molar-refractivity contribution < 1.29 is 9.59 Å². The minimum absolute atomic E-state index is 0.0203. The molecule has 2 unspecified atom stereocenters. The Balaban J connectivity index is 1.48. The van der Waals surface area contributed by atoms with E-state index >= 15 is 0 Å². The van der Waals surface area contributed by atoms with Gasteiger partial charge in [0.15, 0.2) is 5.78 Å². The van der Waals surface area contributed by atoms with Crippen LogP contribution < -0.4 is 15.5 Å². The van der Waals surface area contributed by atoms with Crippen LogP contribution in [0.3, 0.4) is 0 Å². The van der Waals surface area contributed by atoms with E-state index in [4.69, 9.17) is 0 Å². The Hall–Kier alpha value is -3.17. The third-order valence-corrected chi connectivity index (χ3v) is 5.97. The quantitative estimate of drug-likeness (QED) is 0.751. The van der Waals surface area contributed by atoms with Gasteiger partial charge in [-0.1, -0.05) is 24.3 Å². The zero-order valence-electron chi connectivity index (χ0n) is 17.1. The number of nitriles is 1. The Labute approximate surface area is 176 Å². The average molecular weight is 402 g/mol. The van der Waals surface area contributed by atoms with Gasteiger partial charge in [0, 0.05) is 24.7 Å². The van der Waals surface area contributed by atoms with Gasteiger partial charge in [-0.15, -0.1) is 0 Å². The van der Waals surface area contributed by atoms with Crippen molar-refractivity contribution in [1.82, 2.24) is 10.6 Å². The fraction of sp³-hybridized carbons (Fsp3) is 0.375. The summed E-state index contributed by atoms with van der Waals surface area (Å²) in [6.45, 7) is 3.96. The molecule has 2 saturated heterocycles. The highest BCUT2D eigenvalue weighted by Gasteiger charge is 2.29. The van der Waals surface area contributed by atoms with E-state index in [1.54, 1.807) is 13.0 Å². The summed E-state index contributed by atoms with van der Waals surface area (Å²) in [5.74, 6) is 0.104. The van der Waals surface area contributed by atoms with E-state index in [0.717, 1.165) is 49.2 Å². The fourth-order valence-electron chi connectivity index (χ4n) is 4.31. The summed E-state index contributed by atoms with van der Waals surface area (Å²) in [5, 5.41) is 16.1.